The molecule has 2 aliphatic heterocycles. The van der Waals surface area contributed by atoms with Crippen molar-refractivity contribution in [2.24, 2.45) is 0 Å². The Bertz CT molecular complexity index is 995. The summed E-state index contributed by atoms with van der Waals surface area (Å²) in [5.41, 5.74) is 2.03. The zero-order valence-corrected chi connectivity index (χ0v) is 20.2. The van der Waals surface area contributed by atoms with Gasteiger partial charge in [-0.05, 0) is 30.5 Å². The highest BCUT2D eigenvalue weighted by Gasteiger charge is 2.58. The predicted octanol–water partition coefficient (Wildman–Crippen LogP) is 5.22. The standard InChI is InChI=1S/C29H31FO5/c1-28(2)34-24-23(33-26(25(24)35-28)27(30)31-3)19-32-29(20-13-7-4-8-14-20,21-15-9-5-10-16-21)22-17-11-6-12-18-22/h4-18,23-27H,19H2,1-3H3/t23-,24-,25-,26-,27?/m1/s1. The molecule has 5 rings (SSSR count). The first-order valence-corrected chi connectivity index (χ1v) is 11.9. The Hall–Kier alpha value is -2.61. The van der Waals surface area contributed by atoms with Crippen LogP contribution >= 0.6 is 0 Å². The highest BCUT2D eigenvalue weighted by Crippen LogP contribution is 2.44. The summed E-state index contributed by atoms with van der Waals surface area (Å²) in [4.78, 5) is 0. The maximum atomic E-state index is 14.6. The molecule has 0 amide bonds. The second kappa shape index (κ2) is 9.80. The van der Waals surface area contributed by atoms with Crippen LogP contribution in [0.4, 0.5) is 4.39 Å². The minimum absolute atomic E-state index is 0.159. The fraction of sp³-hybridized carbons (Fsp3) is 0.379. The summed E-state index contributed by atoms with van der Waals surface area (Å²) in [6.45, 7) is 3.80. The summed E-state index contributed by atoms with van der Waals surface area (Å²) >= 11 is 0. The average Bonchev–Trinajstić information content (AvgIpc) is 3.39. The van der Waals surface area contributed by atoms with Gasteiger partial charge in [0, 0.05) is 7.11 Å². The van der Waals surface area contributed by atoms with Gasteiger partial charge in [-0.15, -0.1) is 0 Å². The van der Waals surface area contributed by atoms with Crippen molar-refractivity contribution >= 4 is 0 Å². The van der Waals surface area contributed by atoms with E-state index in [9.17, 15) is 4.39 Å². The molecule has 0 bridgehead atoms. The number of alkyl halides is 1. The van der Waals surface area contributed by atoms with E-state index in [4.69, 9.17) is 23.7 Å². The molecule has 0 spiro atoms. The highest BCUT2D eigenvalue weighted by molar-refractivity contribution is 5.47. The summed E-state index contributed by atoms with van der Waals surface area (Å²) in [6.07, 6.45) is -4.15. The minimum atomic E-state index is -1.63. The molecule has 6 heteroatoms. The minimum Gasteiger partial charge on any atom is -0.361 e. The van der Waals surface area contributed by atoms with Crippen LogP contribution in [0.15, 0.2) is 91.0 Å². The summed E-state index contributed by atoms with van der Waals surface area (Å²) < 4.78 is 44.7. The Balaban J connectivity index is 1.54. The molecule has 0 radical (unpaired) electrons. The van der Waals surface area contributed by atoms with Crippen molar-refractivity contribution in [2.45, 2.75) is 56.0 Å². The first kappa shape index (κ1) is 24.1. The van der Waals surface area contributed by atoms with E-state index in [0.29, 0.717) is 0 Å². The van der Waals surface area contributed by atoms with E-state index >= 15 is 0 Å². The molecule has 0 N–H and O–H groups in total. The quantitative estimate of drug-likeness (QED) is 0.415. The van der Waals surface area contributed by atoms with Crippen LogP contribution in [0.5, 0.6) is 0 Å². The number of methoxy groups -OCH3 is 1. The van der Waals surface area contributed by atoms with Crippen LogP contribution in [-0.4, -0.2) is 50.3 Å². The molecule has 0 saturated carbocycles. The highest BCUT2D eigenvalue weighted by atomic mass is 19.1. The molecule has 5 nitrogen and oxygen atoms in total. The van der Waals surface area contributed by atoms with Gasteiger partial charge < -0.3 is 23.7 Å². The van der Waals surface area contributed by atoms with Gasteiger partial charge in [-0.2, -0.15) is 0 Å². The second-order valence-electron chi connectivity index (χ2n) is 9.38. The maximum absolute atomic E-state index is 14.6. The van der Waals surface area contributed by atoms with Gasteiger partial charge in [-0.1, -0.05) is 91.0 Å². The van der Waals surface area contributed by atoms with Gasteiger partial charge in [0.15, 0.2) is 5.79 Å². The molecule has 3 aromatic carbocycles. The molecule has 5 atom stereocenters. The number of fused-ring (bicyclic) bond motifs is 1. The molecule has 2 fully saturated rings. The van der Waals surface area contributed by atoms with Crippen LogP contribution in [0.1, 0.15) is 30.5 Å². The predicted molar refractivity (Wildman–Crippen MR) is 130 cm³/mol. The molecule has 0 aromatic heterocycles. The van der Waals surface area contributed by atoms with Crippen molar-refractivity contribution in [3.63, 3.8) is 0 Å². The number of hydrogen-bond acceptors (Lipinski definition) is 5. The summed E-state index contributed by atoms with van der Waals surface area (Å²) in [6, 6.07) is 30.3. The van der Waals surface area contributed by atoms with E-state index in [2.05, 4.69) is 36.4 Å². The Morgan fingerprint density at radius 1 is 0.800 bits per heavy atom. The largest absolute Gasteiger partial charge is 0.361 e. The lowest BCUT2D eigenvalue weighted by molar-refractivity contribution is -0.219. The first-order chi connectivity index (χ1) is 16.9. The third-order valence-corrected chi connectivity index (χ3v) is 6.67. The topological polar surface area (TPSA) is 46.2 Å². The molecule has 2 heterocycles. The molecule has 3 aromatic rings. The number of halogens is 1. The monoisotopic (exact) mass is 478 g/mol. The Morgan fingerprint density at radius 2 is 1.26 bits per heavy atom. The number of benzene rings is 3. The number of hydrogen-bond donors (Lipinski definition) is 0. The lowest BCUT2D eigenvalue weighted by atomic mass is 9.80. The van der Waals surface area contributed by atoms with Gasteiger partial charge in [0.25, 0.3) is 0 Å². The van der Waals surface area contributed by atoms with Crippen molar-refractivity contribution < 1.29 is 28.1 Å². The molecule has 1 unspecified atom stereocenters. The van der Waals surface area contributed by atoms with Crippen molar-refractivity contribution in [1.82, 2.24) is 0 Å². The maximum Gasteiger partial charge on any atom is 0.227 e. The summed E-state index contributed by atoms with van der Waals surface area (Å²) in [5, 5.41) is 0. The second-order valence-corrected chi connectivity index (χ2v) is 9.38. The Kier molecular flexibility index (Phi) is 6.75. The van der Waals surface area contributed by atoms with Gasteiger partial charge >= 0.3 is 0 Å². The first-order valence-electron chi connectivity index (χ1n) is 11.9. The summed E-state index contributed by atoms with van der Waals surface area (Å²) in [5.74, 6) is -0.849. The molecule has 2 saturated heterocycles. The smallest absolute Gasteiger partial charge is 0.227 e. The van der Waals surface area contributed by atoms with Crippen LogP contribution in [0.2, 0.25) is 0 Å². The van der Waals surface area contributed by atoms with Crippen molar-refractivity contribution in [1.29, 1.82) is 0 Å². The lowest BCUT2D eigenvalue weighted by Gasteiger charge is -2.37. The van der Waals surface area contributed by atoms with E-state index < -0.39 is 42.2 Å². The zero-order valence-electron chi connectivity index (χ0n) is 20.2. The molecule has 35 heavy (non-hydrogen) atoms. The number of ether oxygens (including phenoxy) is 5. The van der Waals surface area contributed by atoms with Gasteiger partial charge in [-0.25, -0.2) is 4.39 Å². The van der Waals surface area contributed by atoms with Gasteiger partial charge in [-0.3, -0.25) is 0 Å². The van der Waals surface area contributed by atoms with E-state index in [-0.39, 0.29) is 6.61 Å². The SMILES string of the molecule is COC(F)[C@@H]1O[C@H](COC(c2ccccc2)(c2ccccc2)c2ccccc2)[C@H]2OC(C)(C)O[C@H]21. The van der Waals surface area contributed by atoms with E-state index in [1.807, 2.05) is 68.4 Å². The normalized spacial score (nSPS) is 26.4. The van der Waals surface area contributed by atoms with Crippen molar-refractivity contribution in [3.8, 4) is 0 Å². The van der Waals surface area contributed by atoms with Crippen LogP contribution in [-0.2, 0) is 29.3 Å². The van der Waals surface area contributed by atoms with Crippen molar-refractivity contribution in [3.05, 3.63) is 108 Å². The molecule has 0 aliphatic carbocycles. The van der Waals surface area contributed by atoms with Gasteiger partial charge in [0.2, 0.25) is 6.36 Å². The van der Waals surface area contributed by atoms with Crippen LogP contribution in [0.25, 0.3) is 0 Å². The van der Waals surface area contributed by atoms with Crippen LogP contribution in [0, 0.1) is 0 Å². The third kappa shape index (κ3) is 4.53. The summed E-state index contributed by atoms with van der Waals surface area (Å²) in [7, 11) is 1.32. The van der Waals surface area contributed by atoms with E-state index in [0.717, 1.165) is 16.7 Å². The Morgan fingerprint density at radius 3 is 1.71 bits per heavy atom. The fourth-order valence-corrected chi connectivity index (χ4v) is 5.17. The van der Waals surface area contributed by atoms with E-state index in [1.54, 1.807) is 0 Å². The zero-order chi connectivity index (χ0) is 24.5. The van der Waals surface area contributed by atoms with Gasteiger partial charge in [0.1, 0.15) is 30.0 Å². The van der Waals surface area contributed by atoms with E-state index in [1.165, 1.54) is 7.11 Å². The third-order valence-electron chi connectivity index (χ3n) is 6.67. The lowest BCUT2D eigenvalue weighted by Crippen LogP contribution is -2.39. The molecule has 184 valence electrons. The fourth-order valence-electron chi connectivity index (χ4n) is 5.17. The molecular weight excluding hydrogens is 447 g/mol. The molecular formula is C29H31FO5. The van der Waals surface area contributed by atoms with Crippen LogP contribution < -0.4 is 0 Å². The molecule has 2 aliphatic rings. The Labute approximate surface area is 205 Å². The van der Waals surface area contributed by atoms with Gasteiger partial charge in [0.05, 0.1) is 6.61 Å². The average molecular weight is 479 g/mol. The van der Waals surface area contributed by atoms with Crippen LogP contribution in [0.3, 0.4) is 0 Å². The van der Waals surface area contributed by atoms with Crippen molar-refractivity contribution in [2.75, 3.05) is 13.7 Å². The number of rotatable bonds is 8.